The van der Waals surface area contributed by atoms with Crippen molar-refractivity contribution in [1.82, 2.24) is 0 Å². The molecule has 1 atom stereocenters. The fraction of sp³-hybridized carbons (Fsp3) is 0.455. The van der Waals surface area contributed by atoms with E-state index in [1.807, 2.05) is 12.1 Å². The zero-order chi connectivity index (χ0) is 10.4. The van der Waals surface area contributed by atoms with E-state index in [0.717, 1.165) is 29.7 Å². The maximum absolute atomic E-state index is 5.54. The summed E-state index contributed by atoms with van der Waals surface area (Å²) in [7, 11) is 0. The lowest BCUT2D eigenvalue weighted by molar-refractivity contribution is 0.561. The van der Waals surface area contributed by atoms with Crippen molar-refractivity contribution in [3.8, 4) is 0 Å². The van der Waals surface area contributed by atoms with Crippen LogP contribution in [-0.4, -0.2) is 13.1 Å². The molecule has 3 heteroatoms. The quantitative estimate of drug-likeness (QED) is 0.851. The Kier molecular flexibility index (Phi) is 4.98. The molecular weight excluding hydrogens is 240 g/mol. The van der Waals surface area contributed by atoms with Gasteiger partial charge in [-0.3, -0.25) is 0 Å². The predicted molar refractivity (Wildman–Crippen MR) is 65.5 cm³/mol. The molecule has 0 fully saturated rings. The molecule has 0 heterocycles. The Morgan fingerprint density at radius 2 is 2.00 bits per heavy atom. The number of anilines is 1. The molecule has 0 amide bonds. The minimum absolute atomic E-state index is 0.595. The molecule has 1 aromatic rings. The summed E-state index contributed by atoms with van der Waals surface area (Å²) in [6.45, 7) is 3.92. The summed E-state index contributed by atoms with van der Waals surface area (Å²) in [4.78, 5) is 0. The topological polar surface area (TPSA) is 38.0 Å². The van der Waals surface area contributed by atoms with Crippen LogP contribution in [0.4, 0.5) is 5.69 Å². The van der Waals surface area contributed by atoms with Crippen LogP contribution in [-0.2, 0) is 0 Å². The zero-order valence-electron chi connectivity index (χ0n) is 8.46. The molecule has 3 N–H and O–H groups in total. The molecule has 0 aliphatic carbocycles. The molecule has 0 spiro atoms. The Morgan fingerprint density at radius 1 is 1.36 bits per heavy atom. The standard InChI is InChI=1S/C11H17BrN2/c1-9(8-13)6-7-14-11-4-2-10(12)3-5-11/h2-5,9,14H,6-8,13H2,1H3. The molecule has 0 bridgehead atoms. The summed E-state index contributed by atoms with van der Waals surface area (Å²) >= 11 is 3.40. The molecule has 0 aromatic heterocycles. The second-order valence-electron chi connectivity index (χ2n) is 3.56. The molecule has 1 rings (SSSR count). The Balaban J connectivity index is 2.28. The molecule has 14 heavy (non-hydrogen) atoms. The fourth-order valence-electron chi connectivity index (χ4n) is 1.15. The first-order valence-corrected chi connectivity index (χ1v) is 5.71. The molecule has 0 saturated heterocycles. The molecule has 0 aliphatic heterocycles. The van der Waals surface area contributed by atoms with Crippen LogP contribution in [0.3, 0.4) is 0 Å². The third-order valence-electron chi connectivity index (χ3n) is 2.21. The summed E-state index contributed by atoms with van der Waals surface area (Å²) in [5, 5.41) is 3.36. The number of nitrogens with one attached hydrogen (secondary N) is 1. The molecule has 0 saturated carbocycles. The molecule has 0 radical (unpaired) electrons. The van der Waals surface area contributed by atoms with E-state index in [0.29, 0.717) is 5.92 Å². The van der Waals surface area contributed by atoms with Gasteiger partial charge in [0.15, 0.2) is 0 Å². The molecule has 1 aromatic carbocycles. The van der Waals surface area contributed by atoms with Crippen LogP contribution in [0, 0.1) is 5.92 Å². The van der Waals surface area contributed by atoms with Gasteiger partial charge in [-0.1, -0.05) is 22.9 Å². The molecule has 0 aliphatic rings. The minimum atomic E-state index is 0.595. The monoisotopic (exact) mass is 256 g/mol. The van der Waals surface area contributed by atoms with Gasteiger partial charge >= 0.3 is 0 Å². The van der Waals surface area contributed by atoms with Crippen molar-refractivity contribution in [2.75, 3.05) is 18.4 Å². The van der Waals surface area contributed by atoms with E-state index in [2.05, 4.69) is 40.3 Å². The van der Waals surface area contributed by atoms with E-state index < -0.39 is 0 Å². The largest absolute Gasteiger partial charge is 0.385 e. The maximum Gasteiger partial charge on any atom is 0.0340 e. The Bertz CT molecular complexity index is 258. The lowest BCUT2D eigenvalue weighted by atomic mass is 10.1. The smallest absolute Gasteiger partial charge is 0.0340 e. The lowest BCUT2D eigenvalue weighted by Gasteiger charge is -2.10. The highest BCUT2D eigenvalue weighted by Gasteiger charge is 1.98. The number of nitrogens with two attached hydrogens (primary N) is 1. The van der Waals surface area contributed by atoms with Crippen molar-refractivity contribution in [2.24, 2.45) is 11.7 Å². The third kappa shape index (κ3) is 4.11. The van der Waals surface area contributed by atoms with Gasteiger partial charge in [0.1, 0.15) is 0 Å². The Morgan fingerprint density at radius 3 is 2.57 bits per heavy atom. The van der Waals surface area contributed by atoms with Crippen LogP contribution in [0.5, 0.6) is 0 Å². The van der Waals surface area contributed by atoms with E-state index in [4.69, 9.17) is 5.73 Å². The SMILES string of the molecule is CC(CN)CCNc1ccc(Br)cc1. The summed E-state index contributed by atoms with van der Waals surface area (Å²) < 4.78 is 1.11. The normalized spacial score (nSPS) is 12.5. The first kappa shape index (κ1) is 11.5. The van der Waals surface area contributed by atoms with Gasteiger partial charge in [0.05, 0.1) is 0 Å². The van der Waals surface area contributed by atoms with E-state index in [9.17, 15) is 0 Å². The average Bonchev–Trinajstić information content (AvgIpc) is 2.21. The van der Waals surface area contributed by atoms with Gasteiger partial charge in [0, 0.05) is 16.7 Å². The van der Waals surface area contributed by atoms with E-state index in [1.54, 1.807) is 0 Å². The van der Waals surface area contributed by atoms with Gasteiger partial charge in [-0.05, 0) is 43.1 Å². The van der Waals surface area contributed by atoms with Crippen LogP contribution in [0.15, 0.2) is 28.7 Å². The van der Waals surface area contributed by atoms with Crippen LogP contribution < -0.4 is 11.1 Å². The van der Waals surface area contributed by atoms with Crippen molar-refractivity contribution in [3.63, 3.8) is 0 Å². The summed E-state index contributed by atoms with van der Waals surface area (Å²) in [6, 6.07) is 8.21. The van der Waals surface area contributed by atoms with Crippen LogP contribution in [0.2, 0.25) is 0 Å². The number of rotatable bonds is 5. The summed E-state index contributed by atoms with van der Waals surface area (Å²) in [6.07, 6.45) is 1.12. The number of halogens is 1. The van der Waals surface area contributed by atoms with Crippen molar-refractivity contribution in [3.05, 3.63) is 28.7 Å². The van der Waals surface area contributed by atoms with Crippen molar-refractivity contribution in [2.45, 2.75) is 13.3 Å². The second kappa shape index (κ2) is 6.04. The van der Waals surface area contributed by atoms with Crippen LogP contribution in [0.1, 0.15) is 13.3 Å². The lowest BCUT2D eigenvalue weighted by Crippen LogP contribution is -2.14. The Labute approximate surface area is 94.0 Å². The van der Waals surface area contributed by atoms with E-state index in [1.165, 1.54) is 0 Å². The van der Waals surface area contributed by atoms with Gasteiger partial charge in [-0.15, -0.1) is 0 Å². The zero-order valence-corrected chi connectivity index (χ0v) is 10.0. The molecule has 2 nitrogen and oxygen atoms in total. The first-order valence-electron chi connectivity index (χ1n) is 4.92. The van der Waals surface area contributed by atoms with Gasteiger partial charge in [0.25, 0.3) is 0 Å². The van der Waals surface area contributed by atoms with Crippen molar-refractivity contribution in [1.29, 1.82) is 0 Å². The van der Waals surface area contributed by atoms with Gasteiger partial charge < -0.3 is 11.1 Å². The molecule has 1 unspecified atom stereocenters. The second-order valence-corrected chi connectivity index (χ2v) is 4.48. The fourth-order valence-corrected chi connectivity index (χ4v) is 1.41. The first-order chi connectivity index (χ1) is 6.72. The summed E-state index contributed by atoms with van der Waals surface area (Å²) in [5.74, 6) is 0.595. The van der Waals surface area contributed by atoms with Crippen LogP contribution in [0.25, 0.3) is 0 Å². The number of benzene rings is 1. The van der Waals surface area contributed by atoms with E-state index >= 15 is 0 Å². The maximum atomic E-state index is 5.54. The average molecular weight is 257 g/mol. The molecule has 78 valence electrons. The number of hydrogen-bond acceptors (Lipinski definition) is 2. The minimum Gasteiger partial charge on any atom is -0.385 e. The Hall–Kier alpha value is -0.540. The van der Waals surface area contributed by atoms with E-state index in [-0.39, 0.29) is 0 Å². The van der Waals surface area contributed by atoms with Crippen LogP contribution >= 0.6 is 15.9 Å². The van der Waals surface area contributed by atoms with Gasteiger partial charge in [-0.25, -0.2) is 0 Å². The predicted octanol–water partition coefficient (Wildman–Crippen LogP) is 2.85. The third-order valence-corrected chi connectivity index (χ3v) is 2.74. The molecular formula is C11H17BrN2. The highest BCUT2D eigenvalue weighted by Crippen LogP contribution is 2.14. The highest BCUT2D eigenvalue weighted by atomic mass is 79.9. The van der Waals surface area contributed by atoms with Gasteiger partial charge in [0.2, 0.25) is 0 Å². The highest BCUT2D eigenvalue weighted by molar-refractivity contribution is 9.10. The van der Waals surface area contributed by atoms with Gasteiger partial charge in [-0.2, -0.15) is 0 Å². The van der Waals surface area contributed by atoms with Crippen molar-refractivity contribution < 1.29 is 0 Å². The summed E-state index contributed by atoms with van der Waals surface area (Å²) in [5.41, 5.74) is 6.70. The van der Waals surface area contributed by atoms with Crippen molar-refractivity contribution >= 4 is 21.6 Å². The number of hydrogen-bond donors (Lipinski definition) is 2.